The van der Waals surface area contributed by atoms with Crippen LogP contribution in [0.2, 0.25) is 10.0 Å². The normalized spacial score (nSPS) is 11.7. The van der Waals surface area contributed by atoms with Gasteiger partial charge in [0.05, 0.1) is 15.7 Å². The number of nitrogens with zero attached hydrogens (tertiary/aromatic N) is 2. The number of aromatic nitrogens is 2. The van der Waals surface area contributed by atoms with E-state index in [-0.39, 0.29) is 16.0 Å². The molecule has 0 bridgehead atoms. The highest BCUT2D eigenvalue weighted by Crippen LogP contribution is 2.30. The Hall–Kier alpha value is -2.02. The van der Waals surface area contributed by atoms with E-state index in [1.807, 2.05) is 44.2 Å². The minimum atomic E-state index is -3.87. The van der Waals surface area contributed by atoms with Crippen LogP contribution in [0.15, 0.2) is 59.6 Å². The van der Waals surface area contributed by atoms with Crippen LogP contribution in [0.4, 0.5) is 5.69 Å². The molecule has 136 valence electrons. The van der Waals surface area contributed by atoms with E-state index in [4.69, 9.17) is 23.2 Å². The van der Waals surface area contributed by atoms with Crippen molar-refractivity contribution in [2.24, 2.45) is 0 Å². The zero-order valence-corrected chi connectivity index (χ0v) is 16.5. The van der Waals surface area contributed by atoms with E-state index in [2.05, 4.69) is 9.82 Å². The molecule has 8 heteroatoms. The summed E-state index contributed by atoms with van der Waals surface area (Å²) in [6.45, 7) is 3.87. The van der Waals surface area contributed by atoms with Crippen LogP contribution in [0.5, 0.6) is 0 Å². The third-order valence-corrected chi connectivity index (χ3v) is 5.86. The van der Waals surface area contributed by atoms with Crippen LogP contribution < -0.4 is 4.72 Å². The van der Waals surface area contributed by atoms with Crippen LogP contribution in [0, 0.1) is 0 Å². The van der Waals surface area contributed by atoms with Crippen molar-refractivity contribution in [2.75, 3.05) is 4.72 Å². The summed E-state index contributed by atoms with van der Waals surface area (Å²) in [6.07, 6.45) is 1.53. The molecule has 0 fully saturated rings. The van der Waals surface area contributed by atoms with Gasteiger partial charge in [-0.25, -0.2) is 8.42 Å². The van der Waals surface area contributed by atoms with Crippen molar-refractivity contribution in [3.05, 3.63) is 64.8 Å². The highest BCUT2D eigenvalue weighted by molar-refractivity contribution is 7.92. The molecule has 3 rings (SSSR count). The molecule has 1 aromatic heterocycles. The molecule has 0 atom stereocenters. The largest absolute Gasteiger partial charge is 0.279 e. The van der Waals surface area contributed by atoms with Crippen LogP contribution in [0.3, 0.4) is 0 Å². The van der Waals surface area contributed by atoms with Gasteiger partial charge in [-0.15, -0.1) is 0 Å². The minimum Gasteiger partial charge on any atom is -0.279 e. The Labute approximate surface area is 162 Å². The monoisotopic (exact) mass is 409 g/mol. The fraction of sp³-hybridized carbons (Fsp3) is 0.167. The third kappa shape index (κ3) is 3.87. The van der Waals surface area contributed by atoms with E-state index in [0.717, 1.165) is 5.56 Å². The van der Waals surface area contributed by atoms with Gasteiger partial charge in [-0.1, -0.05) is 53.5 Å². The lowest BCUT2D eigenvalue weighted by Gasteiger charge is -2.09. The molecule has 0 saturated heterocycles. The molecule has 0 aliphatic rings. The second-order valence-electron chi connectivity index (χ2n) is 6.02. The summed E-state index contributed by atoms with van der Waals surface area (Å²) in [4.78, 5) is 0.100. The molecule has 0 amide bonds. The Bertz CT molecular complexity index is 1030. The lowest BCUT2D eigenvalue weighted by atomic mass is 10.2. The lowest BCUT2D eigenvalue weighted by molar-refractivity contribution is 0.532. The van der Waals surface area contributed by atoms with Crippen LogP contribution in [0.25, 0.3) is 11.3 Å². The number of benzene rings is 2. The standard InChI is InChI=1S/C18H17Cl2N3O2S/c1-12(2)23-11-17(18(21-23)13-6-4-3-5-7-13)26(24,25)22-14-8-9-15(19)16(20)10-14/h3-12,22H,1-2H3. The summed E-state index contributed by atoms with van der Waals surface area (Å²) in [6, 6.07) is 13.8. The third-order valence-electron chi connectivity index (χ3n) is 3.74. The molecular weight excluding hydrogens is 393 g/mol. The quantitative estimate of drug-likeness (QED) is 0.626. The van der Waals surface area contributed by atoms with Gasteiger partial charge in [0.1, 0.15) is 10.6 Å². The Morgan fingerprint density at radius 1 is 1.04 bits per heavy atom. The maximum atomic E-state index is 13.0. The number of sulfonamides is 1. The molecule has 26 heavy (non-hydrogen) atoms. The molecule has 3 aromatic rings. The fourth-order valence-electron chi connectivity index (χ4n) is 2.40. The molecule has 1 N–H and O–H groups in total. The first-order chi connectivity index (χ1) is 12.3. The molecule has 0 saturated carbocycles. The molecule has 0 spiro atoms. The molecule has 0 aliphatic heterocycles. The SMILES string of the molecule is CC(C)n1cc(S(=O)(=O)Nc2ccc(Cl)c(Cl)c2)c(-c2ccccc2)n1. The maximum Gasteiger partial charge on any atom is 0.265 e. The van der Waals surface area contributed by atoms with Gasteiger partial charge in [0.25, 0.3) is 10.0 Å². The zero-order chi connectivity index (χ0) is 18.9. The van der Waals surface area contributed by atoms with Crippen molar-refractivity contribution in [1.82, 2.24) is 9.78 Å². The maximum absolute atomic E-state index is 13.0. The second-order valence-corrected chi connectivity index (χ2v) is 8.48. The van der Waals surface area contributed by atoms with E-state index < -0.39 is 10.0 Å². The van der Waals surface area contributed by atoms with Gasteiger partial charge in [0, 0.05) is 17.8 Å². The molecule has 1 heterocycles. The molecule has 0 unspecified atom stereocenters. The summed E-state index contributed by atoms with van der Waals surface area (Å²) in [5, 5.41) is 5.10. The fourth-order valence-corrected chi connectivity index (χ4v) is 3.91. The highest BCUT2D eigenvalue weighted by atomic mass is 35.5. The van der Waals surface area contributed by atoms with E-state index >= 15 is 0 Å². The topological polar surface area (TPSA) is 64.0 Å². The predicted molar refractivity (Wildman–Crippen MR) is 105 cm³/mol. The van der Waals surface area contributed by atoms with Gasteiger partial charge >= 0.3 is 0 Å². The average molecular weight is 410 g/mol. The predicted octanol–water partition coefficient (Wildman–Crippen LogP) is 5.24. The zero-order valence-electron chi connectivity index (χ0n) is 14.1. The molecule has 5 nitrogen and oxygen atoms in total. The van der Waals surface area contributed by atoms with Gasteiger partial charge in [0.15, 0.2) is 0 Å². The Morgan fingerprint density at radius 3 is 2.35 bits per heavy atom. The summed E-state index contributed by atoms with van der Waals surface area (Å²) < 4.78 is 30.1. The smallest absolute Gasteiger partial charge is 0.265 e. The molecule has 0 radical (unpaired) electrons. The number of halogens is 2. The summed E-state index contributed by atoms with van der Waals surface area (Å²) in [5.74, 6) is 0. The number of nitrogens with one attached hydrogen (secondary N) is 1. The molecule has 2 aromatic carbocycles. The molecular formula is C18H17Cl2N3O2S. The number of anilines is 1. The average Bonchev–Trinajstić information content (AvgIpc) is 3.05. The van der Waals surface area contributed by atoms with Gasteiger partial charge in [0.2, 0.25) is 0 Å². The number of hydrogen-bond acceptors (Lipinski definition) is 3. The Kier molecular flexibility index (Phi) is 5.27. The van der Waals surface area contributed by atoms with Crippen molar-refractivity contribution in [3.8, 4) is 11.3 Å². The van der Waals surface area contributed by atoms with Crippen molar-refractivity contribution in [3.63, 3.8) is 0 Å². The van der Waals surface area contributed by atoms with Crippen molar-refractivity contribution >= 4 is 38.9 Å². The van der Waals surface area contributed by atoms with E-state index in [9.17, 15) is 8.42 Å². The van der Waals surface area contributed by atoms with Crippen molar-refractivity contribution in [2.45, 2.75) is 24.8 Å². The first-order valence-electron chi connectivity index (χ1n) is 7.90. The minimum absolute atomic E-state index is 0.0198. The van der Waals surface area contributed by atoms with Crippen molar-refractivity contribution < 1.29 is 8.42 Å². The van der Waals surface area contributed by atoms with Crippen LogP contribution in [-0.2, 0) is 10.0 Å². The van der Waals surface area contributed by atoms with E-state index in [1.54, 1.807) is 10.7 Å². The summed E-state index contributed by atoms with van der Waals surface area (Å²) in [5.41, 5.74) is 1.45. The van der Waals surface area contributed by atoms with Crippen LogP contribution in [0.1, 0.15) is 19.9 Å². The summed E-state index contributed by atoms with van der Waals surface area (Å²) >= 11 is 11.9. The summed E-state index contributed by atoms with van der Waals surface area (Å²) in [7, 11) is -3.87. The van der Waals surface area contributed by atoms with Crippen molar-refractivity contribution in [1.29, 1.82) is 0 Å². The second kappa shape index (κ2) is 7.31. The van der Waals surface area contributed by atoms with Gasteiger partial charge in [-0.3, -0.25) is 9.40 Å². The first-order valence-corrected chi connectivity index (χ1v) is 10.1. The number of hydrogen-bond donors (Lipinski definition) is 1. The van der Waals surface area contributed by atoms with Crippen LogP contribution >= 0.6 is 23.2 Å². The highest BCUT2D eigenvalue weighted by Gasteiger charge is 2.24. The van der Waals surface area contributed by atoms with Gasteiger partial charge in [-0.05, 0) is 32.0 Å². The first kappa shape index (κ1) is 18.8. The van der Waals surface area contributed by atoms with E-state index in [0.29, 0.717) is 16.4 Å². The van der Waals surface area contributed by atoms with Gasteiger partial charge < -0.3 is 0 Å². The van der Waals surface area contributed by atoms with Crippen LogP contribution in [-0.4, -0.2) is 18.2 Å². The number of rotatable bonds is 5. The Morgan fingerprint density at radius 2 is 1.73 bits per heavy atom. The molecule has 0 aliphatic carbocycles. The lowest BCUT2D eigenvalue weighted by Crippen LogP contribution is -2.13. The van der Waals surface area contributed by atoms with Gasteiger partial charge in [-0.2, -0.15) is 5.10 Å². The van der Waals surface area contributed by atoms with E-state index in [1.165, 1.54) is 18.3 Å². The Balaban J connectivity index is 2.07.